The molecule has 20 heavy (non-hydrogen) atoms. The van der Waals surface area contributed by atoms with Gasteiger partial charge in [-0.25, -0.2) is 4.79 Å². The van der Waals surface area contributed by atoms with Gasteiger partial charge in [-0.2, -0.15) is 5.26 Å². The third kappa shape index (κ3) is 3.59. The number of amides is 2. The van der Waals surface area contributed by atoms with Crippen LogP contribution in [0.15, 0.2) is 41.8 Å². The van der Waals surface area contributed by atoms with E-state index in [4.69, 9.17) is 5.26 Å². The molecular formula is C15H15N3OS. The number of hydrogen-bond acceptors (Lipinski definition) is 3. The molecular weight excluding hydrogens is 270 g/mol. The van der Waals surface area contributed by atoms with Crippen LogP contribution >= 0.6 is 11.3 Å². The molecule has 0 radical (unpaired) electrons. The fraction of sp³-hybridized carbons (Fsp3) is 0.200. The molecule has 0 saturated heterocycles. The average molecular weight is 285 g/mol. The normalized spacial score (nSPS) is 9.80. The molecule has 1 aromatic carbocycles. The van der Waals surface area contributed by atoms with Gasteiger partial charge >= 0.3 is 6.03 Å². The molecule has 0 atom stereocenters. The first-order valence-electron chi connectivity index (χ1n) is 6.31. The summed E-state index contributed by atoms with van der Waals surface area (Å²) in [6.45, 7) is 3.20. The van der Waals surface area contributed by atoms with E-state index >= 15 is 0 Å². The minimum absolute atomic E-state index is 0.134. The first-order chi connectivity index (χ1) is 9.72. The highest BCUT2D eigenvalue weighted by molar-refractivity contribution is 7.09. The maximum absolute atomic E-state index is 12.2. The Balaban J connectivity index is 1.99. The van der Waals surface area contributed by atoms with Crippen LogP contribution in [0.2, 0.25) is 0 Å². The first-order valence-corrected chi connectivity index (χ1v) is 7.19. The highest BCUT2D eigenvalue weighted by Gasteiger charge is 2.12. The van der Waals surface area contributed by atoms with Gasteiger partial charge in [0.1, 0.15) is 0 Å². The zero-order valence-corrected chi connectivity index (χ0v) is 12.0. The summed E-state index contributed by atoms with van der Waals surface area (Å²) in [5.41, 5.74) is 1.27. The van der Waals surface area contributed by atoms with Crippen LogP contribution < -0.4 is 5.32 Å². The maximum atomic E-state index is 12.2. The number of nitriles is 1. The third-order valence-corrected chi connectivity index (χ3v) is 3.72. The highest BCUT2D eigenvalue weighted by Crippen LogP contribution is 2.14. The van der Waals surface area contributed by atoms with Crippen molar-refractivity contribution in [3.8, 4) is 6.07 Å². The molecule has 0 aliphatic carbocycles. The van der Waals surface area contributed by atoms with Crippen molar-refractivity contribution >= 4 is 23.1 Å². The van der Waals surface area contributed by atoms with Crippen molar-refractivity contribution < 1.29 is 4.79 Å². The highest BCUT2D eigenvalue weighted by atomic mass is 32.1. The lowest BCUT2D eigenvalue weighted by Crippen LogP contribution is -2.34. The summed E-state index contributed by atoms with van der Waals surface area (Å²) in [4.78, 5) is 15.1. The zero-order chi connectivity index (χ0) is 14.4. The molecule has 2 rings (SSSR count). The minimum atomic E-state index is -0.134. The minimum Gasteiger partial charge on any atom is -0.320 e. The lowest BCUT2D eigenvalue weighted by Gasteiger charge is -2.20. The van der Waals surface area contributed by atoms with Crippen LogP contribution in [0.3, 0.4) is 0 Å². The van der Waals surface area contributed by atoms with Gasteiger partial charge in [0.2, 0.25) is 0 Å². The third-order valence-electron chi connectivity index (χ3n) is 2.86. The summed E-state index contributed by atoms with van der Waals surface area (Å²) in [5.74, 6) is 0. The topological polar surface area (TPSA) is 56.1 Å². The van der Waals surface area contributed by atoms with Gasteiger partial charge in [-0.3, -0.25) is 0 Å². The molecule has 0 spiro atoms. The van der Waals surface area contributed by atoms with Crippen molar-refractivity contribution in [2.75, 3.05) is 11.9 Å². The number of urea groups is 1. The number of hydrogen-bond donors (Lipinski definition) is 1. The van der Waals surface area contributed by atoms with E-state index in [1.807, 2.05) is 30.5 Å². The lowest BCUT2D eigenvalue weighted by molar-refractivity contribution is 0.212. The monoisotopic (exact) mass is 285 g/mol. The Bertz CT molecular complexity index is 599. The molecule has 5 heteroatoms. The number of carbonyl (C=O) groups is 1. The van der Waals surface area contributed by atoms with E-state index < -0.39 is 0 Å². The van der Waals surface area contributed by atoms with Crippen molar-refractivity contribution in [2.45, 2.75) is 13.5 Å². The molecule has 4 nitrogen and oxygen atoms in total. The second-order valence-electron chi connectivity index (χ2n) is 4.21. The summed E-state index contributed by atoms with van der Waals surface area (Å²) in [7, 11) is 0. The van der Waals surface area contributed by atoms with E-state index in [0.717, 1.165) is 4.88 Å². The van der Waals surface area contributed by atoms with Gasteiger partial charge in [0.15, 0.2) is 0 Å². The van der Waals surface area contributed by atoms with Crippen LogP contribution in [0.1, 0.15) is 17.4 Å². The number of rotatable bonds is 4. The second kappa shape index (κ2) is 6.73. The number of nitrogens with one attached hydrogen (secondary N) is 1. The van der Waals surface area contributed by atoms with Crippen LogP contribution in [0, 0.1) is 11.3 Å². The largest absolute Gasteiger partial charge is 0.322 e. The zero-order valence-electron chi connectivity index (χ0n) is 11.2. The summed E-state index contributed by atoms with van der Waals surface area (Å²) in [5, 5.41) is 13.6. The summed E-state index contributed by atoms with van der Waals surface area (Å²) >= 11 is 1.64. The lowest BCUT2D eigenvalue weighted by atomic mass is 10.2. The molecule has 0 bridgehead atoms. The Hall–Kier alpha value is -2.32. The van der Waals surface area contributed by atoms with Crippen molar-refractivity contribution in [2.24, 2.45) is 0 Å². The van der Waals surface area contributed by atoms with Crippen molar-refractivity contribution in [3.63, 3.8) is 0 Å². The van der Waals surface area contributed by atoms with Crippen molar-refractivity contribution in [1.29, 1.82) is 5.26 Å². The molecule has 2 amide bonds. The molecule has 1 heterocycles. The number of carbonyl (C=O) groups excluding carboxylic acids is 1. The Morgan fingerprint density at radius 3 is 2.65 bits per heavy atom. The van der Waals surface area contributed by atoms with E-state index in [2.05, 4.69) is 5.32 Å². The fourth-order valence-corrected chi connectivity index (χ4v) is 2.47. The fourth-order valence-electron chi connectivity index (χ4n) is 1.75. The molecule has 102 valence electrons. The Kier molecular flexibility index (Phi) is 4.75. The summed E-state index contributed by atoms with van der Waals surface area (Å²) in [6.07, 6.45) is 0. The second-order valence-corrected chi connectivity index (χ2v) is 5.25. The first kappa shape index (κ1) is 14.1. The number of thiophene rings is 1. The van der Waals surface area contributed by atoms with Crippen molar-refractivity contribution in [3.05, 3.63) is 52.2 Å². The van der Waals surface area contributed by atoms with Gasteiger partial charge in [0, 0.05) is 17.1 Å². The van der Waals surface area contributed by atoms with E-state index in [1.165, 1.54) is 0 Å². The maximum Gasteiger partial charge on any atom is 0.322 e. The van der Waals surface area contributed by atoms with Crippen LogP contribution in [-0.4, -0.2) is 17.5 Å². The molecule has 0 unspecified atom stereocenters. The predicted molar refractivity (Wildman–Crippen MR) is 80.6 cm³/mol. The molecule has 1 aromatic heterocycles. The van der Waals surface area contributed by atoms with Crippen molar-refractivity contribution in [1.82, 2.24) is 4.90 Å². The summed E-state index contributed by atoms with van der Waals surface area (Å²) in [6, 6.07) is 12.7. The van der Waals surface area contributed by atoms with E-state index in [9.17, 15) is 4.79 Å². The number of benzene rings is 1. The number of nitrogens with zero attached hydrogens (tertiary/aromatic N) is 2. The van der Waals surface area contributed by atoms with Gasteiger partial charge in [0.25, 0.3) is 0 Å². The number of anilines is 1. The Labute approximate surface area is 122 Å². The molecule has 0 aliphatic heterocycles. The van der Waals surface area contributed by atoms with Crippen LogP contribution in [0.5, 0.6) is 0 Å². The molecule has 1 N–H and O–H groups in total. The molecule has 2 aromatic rings. The Morgan fingerprint density at radius 2 is 2.10 bits per heavy atom. The van der Waals surface area contributed by atoms with Gasteiger partial charge < -0.3 is 10.2 Å². The van der Waals surface area contributed by atoms with Gasteiger partial charge in [0.05, 0.1) is 18.2 Å². The van der Waals surface area contributed by atoms with Gasteiger partial charge in [-0.1, -0.05) is 6.07 Å². The quantitative estimate of drug-likeness (QED) is 0.931. The smallest absolute Gasteiger partial charge is 0.320 e. The van der Waals surface area contributed by atoms with E-state index in [0.29, 0.717) is 24.3 Å². The van der Waals surface area contributed by atoms with Gasteiger partial charge in [-0.05, 0) is 42.6 Å². The average Bonchev–Trinajstić information content (AvgIpc) is 2.98. The van der Waals surface area contributed by atoms with E-state index in [1.54, 1.807) is 40.5 Å². The van der Waals surface area contributed by atoms with Crippen LogP contribution in [-0.2, 0) is 6.54 Å². The van der Waals surface area contributed by atoms with Gasteiger partial charge in [-0.15, -0.1) is 11.3 Å². The molecule has 0 saturated carbocycles. The standard InChI is InChI=1S/C15H15N3OS/c1-2-18(11-14-4-3-9-20-14)15(19)17-13-7-5-12(10-16)6-8-13/h3-9H,2,11H2,1H3,(H,17,19). The predicted octanol–water partition coefficient (Wildman–Crippen LogP) is 3.67. The summed E-state index contributed by atoms with van der Waals surface area (Å²) < 4.78 is 0. The van der Waals surface area contributed by atoms with Crippen LogP contribution in [0.25, 0.3) is 0 Å². The van der Waals surface area contributed by atoms with Crippen LogP contribution in [0.4, 0.5) is 10.5 Å². The Morgan fingerprint density at radius 1 is 1.35 bits per heavy atom. The SMILES string of the molecule is CCN(Cc1cccs1)C(=O)Nc1ccc(C#N)cc1. The molecule has 0 fully saturated rings. The van der Waals surface area contributed by atoms with E-state index in [-0.39, 0.29) is 6.03 Å². The molecule has 0 aliphatic rings.